The van der Waals surface area contributed by atoms with E-state index in [-0.39, 0.29) is 23.1 Å². The molecule has 0 saturated carbocycles. The molecule has 2 aromatic rings. The first-order valence-corrected chi connectivity index (χ1v) is 8.11. The van der Waals surface area contributed by atoms with Crippen molar-refractivity contribution in [2.24, 2.45) is 7.05 Å². The molecule has 0 unspecified atom stereocenters. The van der Waals surface area contributed by atoms with Crippen LogP contribution in [0, 0.1) is 6.92 Å². The second kappa shape index (κ2) is 6.98. The molecule has 0 aliphatic carbocycles. The van der Waals surface area contributed by atoms with Gasteiger partial charge in [-0.25, -0.2) is 0 Å². The summed E-state index contributed by atoms with van der Waals surface area (Å²) in [6.07, 6.45) is 2.40. The molecule has 0 atom stereocenters. The molecule has 0 N–H and O–H groups in total. The summed E-state index contributed by atoms with van der Waals surface area (Å²) >= 11 is 0. The molecule has 24 heavy (non-hydrogen) atoms. The van der Waals surface area contributed by atoms with Gasteiger partial charge in [-0.3, -0.25) is 9.59 Å². The summed E-state index contributed by atoms with van der Waals surface area (Å²) in [5.41, 5.74) is 1.81. The van der Waals surface area contributed by atoms with Crippen LogP contribution < -0.4 is 5.56 Å². The zero-order valence-corrected chi connectivity index (χ0v) is 15.2. The highest BCUT2D eigenvalue weighted by Gasteiger charge is 2.20. The smallest absolute Gasteiger partial charge is 0.263 e. The van der Waals surface area contributed by atoms with Gasteiger partial charge in [0.2, 0.25) is 0 Å². The fourth-order valence-electron chi connectivity index (χ4n) is 2.90. The summed E-state index contributed by atoms with van der Waals surface area (Å²) in [7, 11) is 3.38. The quantitative estimate of drug-likeness (QED) is 0.836. The number of pyridine rings is 1. The van der Waals surface area contributed by atoms with Gasteiger partial charge in [-0.15, -0.1) is 10.2 Å². The third-order valence-electron chi connectivity index (χ3n) is 4.25. The van der Waals surface area contributed by atoms with E-state index in [2.05, 4.69) is 10.2 Å². The van der Waals surface area contributed by atoms with E-state index in [4.69, 9.17) is 0 Å². The predicted molar refractivity (Wildman–Crippen MR) is 92.0 cm³/mol. The zero-order valence-electron chi connectivity index (χ0n) is 15.2. The summed E-state index contributed by atoms with van der Waals surface area (Å²) in [6, 6.07) is 1.89. The monoisotopic (exact) mass is 331 g/mol. The fraction of sp³-hybridized carbons (Fsp3) is 0.529. The Kier molecular flexibility index (Phi) is 5.21. The van der Waals surface area contributed by atoms with Gasteiger partial charge in [0.15, 0.2) is 5.82 Å². The van der Waals surface area contributed by atoms with Crippen LogP contribution in [-0.2, 0) is 20.0 Å². The molecule has 0 saturated heterocycles. The van der Waals surface area contributed by atoms with Gasteiger partial charge in [-0.1, -0.05) is 6.92 Å². The second-order valence-corrected chi connectivity index (χ2v) is 6.31. The van der Waals surface area contributed by atoms with Crippen LogP contribution in [0.25, 0.3) is 0 Å². The molecule has 0 radical (unpaired) electrons. The molecule has 0 aliphatic heterocycles. The van der Waals surface area contributed by atoms with E-state index in [1.807, 2.05) is 32.3 Å². The van der Waals surface area contributed by atoms with Crippen LogP contribution in [0.3, 0.4) is 0 Å². The minimum absolute atomic E-state index is 0.185. The van der Waals surface area contributed by atoms with Crippen molar-refractivity contribution in [3.8, 4) is 0 Å². The summed E-state index contributed by atoms with van der Waals surface area (Å²) in [4.78, 5) is 26.7. The van der Waals surface area contributed by atoms with Gasteiger partial charge in [0, 0.05) is 25.8 Å². The Morgan fingerprint density at radius 3 is 2.62 bits per heavy atom. The van der Waals surface area contributed by atoms with Crippen molar-refractivity contribution in [1.82, 2.24) is 24.2 Å². The van der Waals surface area contributed by atoms with Crippen LogP contribution in [0.4, 0.5) is 0 Å². The number of hydrogen-bond acceptors (Lipinski definition) is 4. The highest BCUT2D eigenvalue weighted by Crippen LogP contribution is 2.12. The summed E-state index contributed by atoms with van der Waals surface area (Å²) < 4.78 is 3.47. The van der Waals surface area contributed by atoms with Crippen LogP contribution in [-0.4, -0.2) is 37.2 Å². The SMILES string of the molecule is CCc1c(C)cc(C(=O)N(C)Cc2nncn2C(C)C)c(=O)n1C. The third-order valence-corrected chi connectivity index (χ3v) is 4.25. The maximum Gasteiger partial charge on any atom is 0.263 e. The van der Waals surface area contributed by atoms with Gasteiger partial charge in [0.05, 0.1) is 6.54 Å². The first kappa shape index (κ1) is 17.9. The molecule has 0 aliphatic rings. The first-order valence-electron chi connectivity index (χ1n) is 8.11. The van der Waals surface area contributed by atoms with E-state index >= 15 is 0 Å². The third kappa shape index (κ3) is 3.25. The first-order chi connectivity index (χ1) is 11.3. The van der Waals surface area contributed by atoms with Gasteiger partial charge in [0.1, 0.15) is 11.9 Å². The van der Waals surface area contributed by atoms with E-state index < -0.39 is 0 Å². The van der Waals surface area contributed by atoms with Crippen LogP contribution in [0.2, 0.25) is 0 Å². The lowest BCUT2D eigenvalue weighted by molar-refractivity contribution is 0.0777. The Labute approximate surface area is 141 Å². The lowest BCUT2D eigenvalue weighted by Crippen LogP contribution is -2.35. The van der Waals surface area contributed by atoms with Crippen molar-refractivity contribution in [2.75, 3.05) is 7.05 Å². The van der Waals surface area contributed by atoms with Crippen molar-refractivity contribution in [2.45, 2.75) is 46.7 Å². The fourth-order valence-corrected chi connectivity index (χ4v) is 2.90. The lowest BCUT2D eigenvalue weighted by atomic mass is 10.1. The molecule has 0 spiro atoms. The van der Waals surface area contributed by atoms with Gasteiger partial charge in [0.25, 0.3) is 11.5 Å². The molecule has 7 nitrogen and oxygen atoms in total. The van der Waals surface area contributed by atoms with Crippen molar-refractivity contribution in [3.05, 3.63) is 45.4 Å². The van der Waals surface area contributed by atoms with Crippen molar-refractivity contribution >= 4 is 5.91 Å². The van der Waals surface area contributed by atoms with Crippen LogP contribution in [0.5, 0.6) is 0 Å². The normalized spacial score (nSPS) is 11.1. The van der Waals surface area contributed by atoms with E-state index in [1.165, 1.54) is 4.90 Å². The minimum Gasteiger partial charge on any atom is -0.334 e. The highest BCUT2D eigenvalue weighted by molar-refractivity contribution is 5.93. The number of aryl methyl sites for hydroxylation is 1. The molecular weight excluding hydrogens is 306 g/mol. The second-order valence-electron chi connectivity index (χ2n) is 6.31. The topological polar surface area (TPSA) is 73.0 Å². The maximum absolute atomic E-state index is 12.7. The number of carbonyl (C=O) groups excluding carboxylic acids is 1. The number of rotatable bonds is 5. The minimum atomic E-state index is -0.306. The number of amides is 1. The maximum atomic E-state index is 12.7. The van der Waals surface area contributed by atoms with Crippen LogP contribution >= 0.6 is 0 Å². The van der Waals surface area contributed by atoms with Crippen molar-refractivity contribution < 1.29 is 4.79 Å². The molecule has 130 valence electrons. The molecule has 0 aromatic carbocycles. The van der Waals surface area contributed by atoms with E-state index in [1.54, 1.807) is 31.1 Å². The molecule has 2 heterocycles. The van der Waals surface area contributed by atoms with Crippen molar-refractivity contribution in [3.63, 3.8) is 0 Å². The van der Waals surface area contributed by atoms with Gasteiger partial charge < -0.3 is 14.0 Å². The summed E-state index contributed by atoms with van der Waals surface area (Å²) in [5, 5.41) is 7.98. The lowest BCUT2D eigenvalue weighted by Gasteiger charge is -2.19. The zero-order chi connectivity index (χ0) is 18.0. The van der Waals surface area contributed by atoms with Gasteiger partial charge in [-0.05, 0) is 38.8 Å². The molecule has 0 bridgehead atoms. The average molecular weight is 331 g/mol. The highest BCUT2D eigenvalue weighted by atomic mass is 16.2. The molecule has 2 aromatic heterocycles. The number of hydrogen-bond donors (Lipinski definition) is 0. The Hall–Kier alpha value is -2.44. The number of nitrogens with zero attached hydrogens (tertiary/aromatic N) is 5. The average Bonchev–Trinajstić information content (AvgIpc) is 2.99. The van der Waals surface area contributed by atoms with E-state index in [9.17, 15) is 9.59 Å². The summed E-state index contributed by atoms with van der Waals surface area (Å²) in [5.74, 6) is 0.388. The predicted octanol–water partition coefficient (Wildman–Crippen LogP) is 1.70. The Balaban J connectivity index is 2.32. The number of carbonyl (C=O) groups is 1. The van der Waals surface area contributed by atoms with Crippen LogP contribution in [0.15, 0.2) is 17.2 Å². The Morgan fingerprint density at radius 1 is 1.38 bits per heavy atom. The van der Waals surface area contributed by atoms with Gasteiger partial charge in [-0.2, -0.15) is 0 Å². The standard InChI is InChI=1S/C17H25N5O2/c1-7-14-12(4)8-13(17(24)21(14)6)16(23)20(5)9-15-19-18-10-22(15)11(2)3/h8,10-11H,7,9H2,1-6H3. The number of aromatic nitrogens is 4. The molecule has 2 rings (SSSR count). The van der Waals surface area contributed by atoms with Gasteiger partial charge >= 0.3 is 0 Å². The van der Waals surface area contributed by atoms with Crippen LogP contribution in [0.1, 0.15) is 54.3 Å². The van der Waals surface area contributed by atoms with Crippen molar-refractivity contribution in [1.29, 1.82) is 0 Å². The summed E-state index contributed by atoms with van der Waals surface area (Å²) in [6.45, 7) is 8.27. The Bertz CT molecular complexity index is 804. The van der Waals surface area contributed by atoms with E-state index in [0.29, 0.717) is 12.4 Å². The molecule has 0 fully saturated rings. The largest absolute Gasteiger partial charge is 0.334 e. The Morgan fingerprint density at radius 2 is 2.04 bits per heavy atom. The molecular formula is C17H25N5O2. The van der Waals surface area contributed by atoms with E-state index in [0.717, 1.165) is 17.7 Å². The molecule has 7 heteroatoms. The molecule has 1 amide bonds.